The van der Waals surface area contributed by atoms with Gasteiger partial charge in [0.25, 0.3) is 0 Å². The summed E-state index contributed by atoms with van der Waals surface area (Å²) in [5.74, 6) is 0. The molecule has 1 heterocycles. The van der Waals surface area contributed by atoms with Gasteiger partial charge in [-0.3, -0.25) is 4.90 Å². The van der Waals surface area contributed by atoms with Crippen LogP contribution in [0.4, 0.5) is 0 Å². The van der Waals surface area contributed by atoms with Crippen molar-refractivity contribution in [3.05, 3.63) is 108 Å². The molecular weight excluding hydrogens is 294 g/mol. The van der Waals surface area contributed by atoms with Crippen LogP contribution in [0.3, 0.4) is 0 Å². The summed E-state index contributed by atoms with van der Waals surface area (Å²) in [5, 5.41) is 0. The molecular formula is C22H21NO. The number of hydrogen-bond donors (Lipinski definition) is 0. The Morgan fingerprint density at radius 3 is 1.75 bits per heavy atom. The molecule has 1 saturated heterocycles. The first-order valence-electron chi connectivity index (χ1n) is 8.38. The lowest BCUT2D eigenvalue weighted by atomic mass is 9.86. The zero-order valence-electron chi connectivity index (χ0n) is 13.6. The molecule has 2 nitrogen and oxygen atoms in total. The standard InChI is InChI=1S/C22H21NO/c1-4-10-19(11-5-1)16-23-17-22(24-18-23,20-12-6-2-7-13-20)21-14-8-3-9-15-21/h1-15H,16-18H2. The van der Waals surface area contributed by atoms with Crippen molar-refractivity contribution in [1.82, 2.24) is 4.90 Å². The summed E-state index contributed by atoms with van der Waals surface area (Å²) in [7, 11) is 0. The van der Waals surface area contributed by atoms with Crippen LogP contribution in [0.5, 0.6) is 0 Å². The molecule has 0 bridgehead atoms. The Kier molecular flexibility index (Phi) is 4.16. The van der Waals surface area contributed by atoms with E-state index in [4.69, 9.17) is 4.74 Å². The SMILES string of the molecule is c1ccc(CN2COC(c3ccccc3)(c3ccccc3)C2)cc1. The summed E-state index contributed by atoms with van der Waals surface area (Å²) in [5.41, 5.74) is 3.36. The lowest BCUT2D eigenvalue weighted by molar-refractivity contribution is 0.0310. The molecule has 0 unspecified atom stereocenters. The Hall–Kier alpha value is -2.42. The highest BCUT2D eigenvalue weighted by Gasteiger charge is 2.42. The van der Waals surface area contributed by atoms with Gasteiger partial charge in [0, 0.05) is 13.1 Å². The molecule has 1 aliphatic heterocycles. The monoisotopic (exact) mass is 315 g/mol. The van der Waals surface area contributed by atoms with Crippen molar-refractivity contribution in [1.29, 1.82) is 0 Å². The topological polar surface area (TPSA) is 12.5 Å². The molecule has 0 aliphatic carbocycles. The fourth-order valence-electron chi connectivity index (χ4n) is 3.48. The van der Waals surface area contributed by atoms with E-state index in [1.54, 1.807) is 0 Å². The maximum atomic E-state index is 6.42. The van der Waals surface area contributed by atoms with Crippen LogP contribution in [0.15, 0.2) is 91.0 Å². The van der Waals surface area contributed by atoms with Gasteiger partial charge in [0.15, 0.2) is 0 Å². The molecule has 0 atom stereocenters. The van der Waals surface area contributed by atoms with Gasteiger partial charge >= 0.3 is 0 Å². The number of rotatable bonds is 4. The Morgan fingerprint density at radius 1 is 0.708 bits per heavy atom. The fourth-order valence-corrected chi connectivity index (χ4v) is 3.48. The van der Waals surface area contributed by atoms with Crippen LogP contribution in [0.2, 0.25) is 0 Å². The van der Waals surface area contributed by atoms with E-state index < -0.39 is 5.60 Å². The summed E-state index contributed by atoms with van der Waals surface area (Å²) < 4.78 is 6.42. The van der Waals surface area contributed by atoms with Gasteiger partial charge in [-0.15, -0.1) is 0 Å². The van der Waals surface area contributed by atoms with E-state index in [2.05, 4.69) is 95.9 Å². The number of benzene rings is 3. The maximum Gasteiger partial charge on any atom is 0.133 e. The van der Waals surface area contributed by atoms with E-state index in [-0.39, 0.29) is 0 Å². The normalized spacial score (nSPS) is 17.0. The first-order chi connectivity index (χ1) is 11.9. The van der Waals surface area contributed by atoms with Crippen molar-refractivity contribution in [2.24, 2.45) is 0 Å². The van der Waals surface area contributed by atoms with Gasteiger partial charge in [0.2, 0.25) is 0 Å². The van der Waals surface area contributed by atoms with Gasteiger partial charge in [-0.1, -0.05) is 91.0 Å². The summed E-state index contributed by atoms with van der Waals surface area (Å²) in [6.45, 7) is 2.40. The van der Waals surface area contributed by atoms with E-state index in [0.717, 1.165) is 13.1 Å². The molecule has 0 amide bonds. The molecule has 0 aromatic heterocycles. The summed E-state index contributed by atoms with van der Waals surface area (Å²) in [6, 6.07) is 31.7. The molecule has 2 heteroatoms. The minimum atomic E-state index is -0.392. The van der Waals surface area contributed by atoms with Crippen molar-refractivity contribution in [2.75, 3.05) is 13.3 Å². The van der Waals surface area contributed by atoms with Gasteiger partial charge < -0.3 is 4.74 Å². The molecule has 0 spiro atoms. The first-order valence-corrected chi connectivity index (χ1v) is 8.38. The molecule has 0 N–H and O–H groups in total. The second-order valence-corrected chi connectivity index (χ2v) is 6.31. The zero-order chi connectivity index (χ0) is 16.2. The molecule has 4 rings (SSSR count). The van der Waals surface area contributed by atoms with Crippen molar-refractivity contribution < 1.29 is 4.74 Å². The Labute approximate surface area is 143 Å². The van der Waals surface area contributed by atoms with E-state index in [0.29, 0.717) is 6.73 Å². The number of nitrogens with zero attached hydrogens (tertiary/aromatic N) is 1. The zero-order valence-corrected chi connectivity index (χ0v) is 13.6. The minimum Gasteiger partial charge on any atom is -0.349 e. The summed E-state index contributed by atoms with van der Waals surface area (Å²) >= 11 is 0. The summed E-state index contributed by atoms with van der Waals surface area (Å²) in [4.78, 5) is 2.37. The van der Waals surface area contributed by atoms with Gasteiger partial charge in [0.1, 0.15) is 12.3 Å². The lowest BCUT2D eigenvalue weighted by Gasteiger charge is -2.29. The van der Waals surface area contributed by atoms with Crippen LogP contribution in [0.25, 0.3) is 0 Å². The lowest BCUT2D eigenvalue weighted by Crippen LogP contribution is -2.33. The molecule has 1 fully saturated rings. The second-order valence-electron chi connectivity index (χ2n) is 6.31. The molecule has 3 aromatic carbocycles. The highest BCUT2D eigenvalue weighted by atomic mass is 16.5. The third kappa shape index (κ3) is 2.86. The van der Waals surface area contributed by atoms with Gasteiger partial charge in [0.05, 0.1) is 0 Å². The van der Waals surface area contributed by atoms with Crippen LogP contribution < -0.4 is 0 Å². The smallest absolute Gasteiger partial charge is 0.133 e. The maximum absolute atomic E-state index is 6.42. The minimum absolute atomic E-state index is 0.392. The average Bonchev–Trinajstić information content (AvgIpc) is 3.09. The fraction of sp³-hybridized carbons (Fsp3) is 0.182. The van der Waals surface area contributed by atoms with Crippen LogP contribution >= 0.6 is 0 Å². The van der Waals surface area contributed by atoms with E-state index in [1.165, 1.54) is 16.7 Å². The Balaban J connectivity index is 1.66. The van der Waals surface area contributed by atoms with E-state index in [1.807, 2.05) is 0 Å². The largest absolute Gasteiger partial charge is 0.349 e. The van der Waals surface area contributed by atoms with Gasteiger partial charge in [-0.05, 0) is 16.7 Å². The second kappa shape index (κ2) is 6.60. The predicted molar refractivity (Wildman–Crippen MR) is 96.5 cm³/mol. The average molecular weight is 315 g/mol. The third-order valence-electron chi connectivity index (χ3n) is 4.67. The third-order valence-corrected chi connectivity index (χ3v) is 4.67. The van der Waals surface area contributed by atoms with Gasteiger partial charge in [-0.2, -0.15) is 0 Å². The first kappa shape index (κ1) is 15.1. The van der Waals surface area contributed by atoms with Crippen LogP contribution in [-0.4, -0.2) is 18.2 Å². The number of ether oxygens (including phenoxy) is 1. The molecule has 0 saturated carbocycles. The van der Waals surface area contributed by atoms with Crippen molar-refractivity contribution in [2.45, 2.75) is 12.1 Å². The van der Waals surface area contributed by atoms with E-state index >= 15 is 0 Å². The molecule has 120 valence electrons. The highest BCUT2D eigenvalue weighted by molar-refractivity contribution is 5.38. The van der Waals surface area contributed by atoms with Crippen LogP contribution in [-0.2, 0) is 16.9 Å². The summed E-state index contributed by atoms with van der Waals surface area (Å²) in [6.07, 6.45) is 0. The highest BCUT2D eigenvalue weighted by Crippen LogP contribution is 2.38. The van der Waals surface area contributed by atoms with Crippen LogP contribution in [0.1, 0.15) is 16.7 Å². The van der Waals surface area contributed by atoms with Crippen LogP contribution in [0, 0.1) is 0 Å². The molecule has 1 aliphatic rings. The quantitative estimate of drug-likeness (QED) is 0.706. The Bertz CT molecular complexity index is 731. The Morgan fingerprint density at radius 2 is 1.21 bits per heavy atom. The predicted octanol–water partition coefficient (Wildman–Crippen LogP) is 4.42. The molecule has 24 heavy (non-hydrogen) atoms. The van der Waals surface area contributed by atoms with E-state index in [9.17, 15) is 0 Å². The van der Waals surface area contributed by atoms with Crippen molar-refractivity contribution >= 4 is 0 Å². The molecule has 3 aromatic rings. The molecule has 0 radical (unpaired) electrons. The van der Waals surface area contributed by atoms with Gasteiger partial charge in [-0.25, -0.2) is 0 Å². The van der Waals surface area contributed by atoms with Crippen molar-refractivity contribution in [3.63, 3.8) is 0 Å². The number of hydrogen-bond acceptors (Lipinski definition) is 2. The van der Waals surface area contributed by atoms with Crippen molar-refractivity contribution in [3.8, 4) is 0 Å².